The van der Waals surface area contributed by atoms with E-state index in [0.717, 1.165) is 0 Å². The molecule has 0 saturated carbocycles. The fourth-order valence-corrected chi connectivity index (χ4v) is 11.6. The van der Waals surface area contributed by atoms with Crippen molar-refractivity contribution in [3.63, 3.8) is 0 Å². The Kier molecular flexibility index (Phi) is 6.91. The molecule has 9 aromatic carbocycles. The summed E-state index contributed by atoms with van der Waals surface area (Å²) in [5.74, 6) is 0. The summed E-state index contributed by atoms with van der Waals surface area (Å²) in [5.41, 5.74) is 17.4. The minimum atomic E-state index is 1.21. The van der Waals surface area contributed by atoms with Crippen molar-refractivity contribution in [3.8, 4) is 55.9 Å². The molecule has 0 N–H and O–H groups in total. The van der Waals surface area contributed by atoms with Crippen molar-refractivity contribution in [2.45, 2.75) is 19.6 Å². The van der Waals surface area contributed by atoms with E-state index >= 15 is 0 Å². The van der Waals surface area contributed by atoms with Crippen LogP contribution in [0.3, 0.4) is 0 Å². The molecule has 11 aromatic rings. The predicted octanol–water partition coefficient (Wildman–Crippen LogP) is 15.5. The van der Waals surface area contributed by atoms with Crippen LogP contribution in [0, 0.1) is 0 Å². The monoisotopic (exact) mass is 772 g/mol. The van der Waals surface area contributed by atoms with Crippen molar-refractivity contribution >= 4 is 67.1 Å². The molecule has 0 aliphatic carbocycles. The van der Waals surface area contributed by atoms with E-state index < -0.39 is 0 Å². The number of aromatic nitrogens is 2. The summed E-state index contributed by atoms with van der Waals surface area (Å²) in [6.07, 6.45) is 0. The van der Waals surface area contributed by atoms with Crippen LogP contribution in [0.5, 0.6) is 0 Å². The highest BCUT2D eigenvalue weighted by Crippen LogP contribution is 2.49. The van der Waals surface area contributed by atoms with Gasteiger partial charge in [-0.2, -0.15) is 0 Å². The molecule has 0 amide bonds. The summed E-state index contributed by atoms with van der Waals surface area (Å²) in [5, 5.41) is 5.19. The first-order chi connectivity index (χ1) is 28.7. The molecule has 0 unspecified atom stereocenters. The molecule has 2 nitrogen and oxygen atoms in total. The van der Waals surface area contributed by atoms with Crippen LogP contribution >= 0.6 is 23.5 Å². The minimum absolute atomic E-state index is 1.21. The second kappa shape index (κ2) is 12.4. The van der Waals surface area contributed by atoms with Crippen LogP contribution in [-0.4, -0.2) is 9.13 Å². The molecule has 58 heavy (non-hydrogen) atoms. The highest BCUT2D eigenvalue weighted by atomic mass is 32.2. The van der Waals surface area contributed by atoms with E-state index in [4.69, 9.17) is 0 Å². The van der Waals surface area contributed by atoms with Crippen LogP contribution < -0.4 is 0 Å². The highest BCUT2D eigenvalue weighted by Gasteiger charge is 2.24. The summed E-state index contributed by atoms with van der Waals surface area (Å²) in [4.78, 5) is 5.22. The van der Waals surface area contributed by atoms with Gasteiger partial charge in [-0.3, -0.25) is 0 Å². The van der Waals surface area contributed by atoms with Gasteiger partial charge in [-0.25, -0.2) is 0 Å². The fourth-order valence-electron chi connectivity index (χ4n) is 9.40. The van der Waals surface area contributed by atoms with Crippen LogP contribution in [0.4, 0.5) is 0 Å². The van der Waals surface area contributed by atoms with Crippen molar-refractivity contribution in [2.75, 3.05) is 0 Å². The van der Waals surface area contributed by atoms with Crippen LogP contribution in [0.2, 0.25) is 0 Å². The zero-order valence-corrected chi connectivity index (χ0v) is 32.8. The first kappa shape index (κ1) is 32.4. The first-order valence-electron chi connectivity index (χ1n) is 19.7. The lowest BCUT2D eigenvalue weighted by molar-refractivity contribution is 1.09. The maximum absolute atomic E-state index is 2.45. The Bertz CT molecular complexity index is 3280. The summed E-state index contributed by atoms with van der Waals surface area (Å²) in [6.45, 7) is 0. The molecule has 0 spiro atoms. The van der Waals surface area contributed by atoms with Crippen molar-refractivity contribution in [3.05, 3.63) is 194 Å². The molecule has 0 saturated heterocycles. The van der Waals surface area contributed by atoms with Gasteiger partial charge in [-0.15, -0.1) is 0 Å². The highest BCUT2D eigenvalue weighted by molar-refractivity contribution is 8.00. The van der Waals surface area contributed by atoms with Gasteiger partial charge >= 0.3 is 0 Å². The maximum atomic E-state index is 2.45. The number of rotatable bonds is 4. The van der Waals surface area contributed by atoms with Crippen molar-refractivity contribution in [1.82, 2.24) is 9.13 Å². The molecule has 0 bridgehead atoms. The number of hydrogen-bond donors (Lipinski definition) is 0. The van der Waals surface area contributed by atoms with Crippen LogP contribution in [0.1, 0.15) is 0 Å². The Morgan fingerprint density at radius 2 is 0.621 bits per heavy atom. The molecule has 270 valence electrons. The molecule has 4 heterocycles. The predicted molar refractivity (Wildman–Crippen MR) is 245 cm³/mol. The van der Waals surface area contributed by atoms with Crippen LogP contribution in [0.25, 0.3) is 99.5 Å². The molecule has 0 atom stereocenters. The lowest BCUT2D eigenvalue weighted by atomic mass is 9.95. The SMILES string of the molecule is c1cc(-c2ccc(-c3cccc(-c4ccc5c(c4)c4cccc6c4n5-c4ccccc4S6)c3)cc2)cc(-c2ccc3c(c2)c2cccc4c2n3-c2ccccc2S4)c1. The van der Waals surface area contributed by atoms with Gasteiger partial charge in [-0.05, 0) is 117 Å². The lowest BCUT2D eigenvalue weighted by Gasteiger charge is -2.19. The van der Waals surface area contributed by atoms with Gasteiger partial charge in [0.15, 0.2) is 0 Å². The number of para-hydroxylation sites is 4. The summed E-state index contributed by atoms with van der Waals surface area (Å²) < 4.78 is 4.91. The third-order valence-corrected chi connectivity index (χ3v) is 14.3. The normalized spacial score (nSPS) is 12.7. The average Bonchev–Trinajstić information content (AvgIpc) is 3.81. The molecule has 2 aliphatic heterocycles. The van der Waals surface area contributed by atoms with Crippen molar-refractivity contribution in [2.24, 2.45) is 0 Å². The summed E-state index contributed by atoms with van der Waals surface area (Å²) >= 11 is 3.74. The number of benzene rings is 9. The topological polar surface area (TPSA) is 9.86 Å². The van der Waals surface area contributed by atoms with Crippen LogP contribution in [-0.2, 0) is 0 Å². The van der Waals surface area contributed by atoms with E-state index in [0.29, 0.717) is 0 Å². The van der Waals surface area contributed by atoms with E-state index in [1.54, 1.807) is 0 Å². The van der Waals surface area contributed by atoms with E-state index in [1.165, 1.54) is 119 Å². The second-order valence-corrected chi connectivity index (χ2v) is 17.5. The van der Waals surface area contributed by atoms with E-state index in [9.17, 15) is 0 Å². The first-order valence-corrected chi connectivity index (χ1v) is 21.4. The largest absolute Gasteiger partial charge is 0.307 e. The Labute approximate surface area is 344 Å². The van der Waals surface area contributed by atoms with Crippen molar-refractivity contribution < 1.29 is 0 Å². The van der Waals surface area contributed by atoms with Gasteiger partial charge in [0.25, 0.3) is 0 Å². The van der Waals surface area contributed by atoms with E-state index in [2.05, 4.69) is 203 Å². The smallest absolute Gasteiger partial charge is 0.0681 e. The Morgan fingerprint density at radius 3 is 1.09 bits per heavy atom. The lowest BCUT2D eigenvalue weighted by Crippen LogP contribution is -2.00. The molecule has 2 aromatic heterocycles. The van der Waals surface area contributed by atoms with Crippen LogP contribution in [0.15, 0.2) is 214 Å². The third kappa shape index (κ3) is 4.76. The molecule has 4 heteroatoms. The van der Waals surface area contributed by atoms with E-state index in [-0.39, 0.29) is 0 Å². The molecule has 2 aliphatic rings. The number of hydrogen-bond acceptors (Lipinski definition) is 2. The second-order valence-electron chi connectivity index (χ2n) is 15.3. The summed E-state index contributed by atoms with van der Waals surface area (Å²) in [6, 6.07) is 71.9. The van der Waals surface area contributed by atoms with Gasteiger partial charge in [-0.1, -0.05) is 145 Å². The molecular weight excluding hydrogens is 741 g/mol. The van der Waals surface area contributed by atoms with E-state index in [1.807, 2.05) is 23.5 Å². The van der Waals surface area contributed by atoms with Gasteiger partial charge in [0.05, 0.1) is 33.4 Å². The number of nitrogens with zero attached hydrogens (tertiary/aromatic N) is 2. The third-order valence-electron chi connectivity index (χ3n) is 12.1. The van der Waals surface area contributed by atoms with Crippen molar-refractivity contribution in [1.29, 1.82) is 0 Å². The quantitative estimate of drug-likeness (QED) is 0.176. The van der Waals surface area contributed by atoms with Gasteiger partial charge < -0.3 is 9.13 Å². The summed E-state index contributed by atoms with van der Waals surface area (Å²) in [7, 11) is 0. The standard InChI is InChI=1S/C54H32N2S2/c1-3-17-49-47(15-1)55-45-27-25-39(31-43(45)41-13-7-19-51(57-49)53(41)55)37-11-5-9-35(29-37)33-21-23-34(24-22-33)36-10-6-12-38(30-36)40-26-28-46-44(32-40)42-14-8-20-52-54(42)56(46)48-16-2-4-18-50(48)58-52/h1-32H. The average molecular weight is 773 g/mol. The maximum Gasteiger partial charge on any atom is 0.0681 e. The molecule has 0 radical (unpaired) electrons. The Balaban J connectivity index is 0.829. The fraction of sp³-hybridized carbons (Fsp3) is 0. The molecule has 0 fully saturated rings. The van der Waals surface area contributed by atoms with Gasteiger partial charge in [0.2, 0.25) is 0 Å². The minimum Gasteiger partial charge on any atom is -0.307 e. The van der Waals surface area contributed by atoms with Gasteiger partial charge in [0, 0.05) is 41.1 Å². The Morgan fingerprint density at radius 1 is 0.259 bits per heavy atom. The molecule has 13 rings (SSSR count). The number of fused-ring (bicyclic) bond motifs is 10. The Hall–Kier alpha value is -6.72. The van der Waals surface area contributed by atoms with Gasteiger partial charge in [0.1, 0.15) is 0 Å². The zero-order chi connectivity index (χ0) is 37.9. The molecular formula is C54H32N2S2. The zero-order valence-electron chi connectivity index (χ0n) is 31.2.